The van der Waals surface area contributed by atoms with E-state index in [0.717, 1.165) is 0 Å². The molecule has 1 aromatic carbocycles. The Morgan fingerprint density at radius 1 is 1.15 bits per heavy atom. The lowest BCUT2D eigenvalue weighted by molar-refractivity contribution is -0.683. The van der Waals surface area contributed by atoms with Crippen molar-refractivity contribution in [2.45, 2.75) is 52.9 Å². The first-order valence-electron chi connectivity index (χ1n) is 7.64. The Bertz CT molecular complexity index is 593. The monoisotopic (exact) mass is 271 g/mol. The number of hydrogen-bond acceptors (Lipinski definition) is 0. The van der Waals surface area contributed by atoms with E-state index >= 15 is 0 Å². The number of aryl methyl sites for hydroxylation is 1. The molecule has 108 valence electrons. The molecule has 1 unspecified atom stereocenters. The second kappa shape index (κ2) is 5.82. The van der Waals surface area contributed by atoms with Gasteiger partial charge in [0.2, 0.25) is 11.9 Å². The van der Waals surface area contributed by atoms with Crippen molar-refractivity contribution in [3.05, 3.63) is 47.3 Å². The van der Waals surface area contributed by atoms with Gasteiger partial charge < -0.3 is 0 Å². The van der Waals surface area contributed by atoms with Crippen molar-refractivity contribution in [1.82, 2.24) is 4.68 Å². The molecule has 2 rings (SSSR count). The van der Waals surface area contributed by atoms with E-state index in [1.807, 2.05) is 0 Å². The largest absolute Gasteiger partial charge is 0.238 e. The molecule has 0 amide bonds. The molecule has 1 atom stereocenters. The maximum atomic E-state index is 2.31. The van der Waals surface area contributed by atoms with Crippen molar-refractivity contribution >= 4 is 0 Å². The van der Waals surface area contributed by atoms with Crippen molar-refractivity contribution in [3.63, 3.8) is 0 Å². The van der Waals surface area contributed by atoms with E-state index in [1.54, 1.807) is 0 Å². The number of hydrogen-bond donors (Lipinski definition) is 0. The van der Waals surface area contributed by atoms with Crippen LogP contribution in [0.15, 0.2) is 30.5 Å². The van der Waals surface area contributed by atoms with E-state index in [2.05, 4.69) is 81.5 Å². The van der Waals surface area contributed by atoms with Crippen LogP contribution in [0, 0.1) is 6.92 Å². The molecule has 0 bridgehead atoms. The van der Waals surface area contributed by atoms with Crippen LogP contribution in [0.1, 0.15) is 62.8 Å². The normalized spacial score (nSPS) is 12.9. The van der Waals surface area contributed by atoms with Gasteiger partial charge in [-0.25, -0.2) is 0 Å². The van der Waals surface area contributed by atoms with E-state index in [4.69, 9.17) is 0 Å². The molecule has 0 saturated carbocycles. The second-order valence-corrected chi connectivity index (χ2v) is 6.12. The lowest BCUT2D eigenvalue weighted by atomic mass is 10.0. The van der Waals surface area contributed by atoms with Gasteiger partial charge in [0.1, 0.15) is 0 Å². The molecule has 2 aromatic rings. The van der Waals surface area contributed by atoms with E-state index in [0.29, 0.717) is 11.8 Å². The fourth-order valence-electron chi connectivity index (χ4n) is 2.71. The predicted octanol–water partition coefficient (Wildman–Crippen LogP) is 4.25. The lowest BCUT2D eigenvalue weighted by Crippen LogP contribution is -2.40. The van der Waals surface area contributed by atoms with E-state index in [1.165, 1.54) is 28.9 Å². The second-order valence-electron chi connectivity index (χ2n) is 6.12. The van der Waals surface area contributed by atoms with Gasteiger partial charge in [0.15, 0.2) is 0 Å². The van der Waals surface area contributed by atoms with Crippen LogP contribution in [0.2, 0.25) is 0 Å². The van der Waals surface area contributed by atoms with Crippen molar-refractivity contribution in [2.24, 2.45) is 7.05 Å². The highest BCUT2D eigenvalue weighted by molar-refractivity contribution is 5.37. The molecule has 0 spiro atoms. The van der Waals surface area contributed by atoms with Crippen LogP contribution in [0.25, 0.3) is 5.69 Å². The van der Waals surface area contributed by atoms with Crippen LogP contribution in [0.5, 0.6) is 0 Å². The summed E-state index contributed by atoms with van der Waals surface area (Å²) >= 11 is 0. The summed E-state index contributed by atoms with van der Waals surface area (Å²) in [6, 6.07) is 9.04. The van der Waals surface area contributed by atoms with E-state index < -0.39 is 0 Å². The van der Waals surface area contributed by atoms with Gasteiger partial charge >= 0.3 is 0 Å². The summed E-state index contributed by atoms with van der Waals surface area (Å²) in [6.45, 7) is 11.2. The SMILES string of the molecule is CCC(C)c1cc[n+](-c2ccc(C(C)C)cc2C)n1C. The first-order chi connectivity index (χ1) is 9.45. The van der Waals surface area contributed by atoms with Crippen molar-refractivity contribution in [1.29, 1.82) is 0 Å². The topological polar surface area (TPSA) is 8.81 Å². The van der Waals surface area contributed by atoms with Gasteiger partial charge in [-0.2, -0.15) is 4.68 Å². The summed E-state index contributed by atoms with van der Waals surface area (Å²) < 4.78 is 4.52. The van der Waals surface area contributed by atoms with Gasteiger partial charge in [-0.05, 0) is 30.9 Å². The quantitative estimate of drug-likeness (QED) is 0.735. The van der Waals surface area contributed by atoms with Gasteiger partial charge in [0.05, 0.1) is 12.7 Å². The molecular weight excluding hydrogens is 244 g/mol. The van der Waals surface area contributed by atoms with Crippen molar-refractivity contribution < 1.29 is 4.68 Å². The molecule has 2 nitrogen and oxygen atoms in total. The third-order valence-corrected chi connectivity index (χ3v) is 4.33. The molecule has 0 aliphatic rings. The molecule has 0 radical (unpaired) electrons. The number of rotatable bonds is 4. The first kappa shape index (κ1) is 14.8. The zero-order valence-corrected chi connectivity index (χ0v) is 13.6. The Morgan fingerprint density at radius 2 is 1.85 bits per heavy atom. The van der Waals surface area contributed by atoms with Crippen LogP contribution >= 0.6 is 0 Å². The Labute approximate surface area is 123 Å². The summed E-state index contributed by atoms with van der Waals surface area (Å²) in [5.41, 5.74) is 5.40. The minimum absolute atomic E-state index is 0.580. The summed E-state index contributed by atoms with van der Waals surface area (Å²) in [7, 11) is 2.15. The third-order valence-electron chi connectivity index (χ3n) is 4.33. The van der Waals surface area contributed by atoms with E-state index in [9.17, 15) is 0 Å². The third kappa shape index (κ3) is 2.65. The van der Waals surface area contributed by atoms with Crippen LogP contribution in [-0.4, -0.2) is 4.68 Å². The molecule has 1 heterocycles. The summed E-state index contributed by atoms with van der Waals surface area (Å²) in [5.74, 6) is 1.17. The lowest BCUT2D eigenvalue weighted by Gasteiger charge is -2.09. The van der Waals surface area contributed by atoms with Crippen LogP contribution in [0.3, 0.4) is 0 Å². The molecular formula is C18H27N2+. The zero-order valence-electron chi connectivity index (χ0n) is 13.6. The molecule has 0 fully saturated rings. The molecule has 0 aliphatic carbocycles. The Morgan fingerprint density at radius 3 is 2.40 bits per heavy atom. The fourth-order valence-corrected chi connectivity index (χ4v) is 2.71. The summed E-state index contributed by atoms with van der Waals surface area (Å²) in [6.07, 6.45) is 3.35. The molecule has 2 heteroatoms. The van der Waals surface area contributed by atoms with Crippen molar-refractivity contribution in [2.75, 3.05) is 0 Å². The van der Waals surface area contributed by atoms with Crippen LogP contribution in [0.4, 0.5) is 0 Å². The Balaban J connectivity index is 2.45. The fraction of sp³-hybridized carbons (Fsp3) is 0.500. The van der Waals surface area contributed by atoms with Crippen molar-refractivity contribution in [3.8, 4) is 5.69 Å². The number of nitrogens with zero attached hydrogens (tertiary/aromatic N) is 2. The van der Waals surface area contributed by atoms with E-state index in [-0.39, 0.29) is 0 Å². The highest BCUT2D eigenvalue weighted by atomic mass is 15.4. The minimum atomic E-state index is 0.580. The van der Waals surface area contributed by atoms with Gasteiger partial charge in [0.25, 0.3) is 0 Å². The summed E-state index contributed by atoms with van der Waals surface area (Å²) in [4.78, 5) is 0. The molecule has 0 saturated heterocycles. The molecule has 1 aromatic heterocycles. The van der Waals surface area contributed by atoms with Gasteiger partial charge in [-0.15, -0.1) is 0 Å². The van der Waals surface area contributed by atoms with Crippen LogP contribution < -0.4 is 4.68 Å². The average molecular weight is 271 g/mol. The molecule has 0 N–H and O–H groups in total. The smallest absolute Gasteiger partial charge is 0.155 e. The van der Waals surface area contributed by atoms with Gasteiger partial charge in [-0.1, -0.05) is 38.4 Å². The number of aromatic nitrogens is 2. The maximum absolute atomic E-state index is 2.31. The van der Waals surface area contributed by atoms with Gasteiger partial charge in [0, 0.05) is 23.6 Å². The Hall–Kier alpha value is -1.57. The highest BCUT2D eigenvalue weighted by Gasteiger charge is 2.20. The van der Waals surface area contributed by atoms with Crippen LogP contribution in [-0.2, 0) is 7.05 Å². The highest BCUT2D eigenvalue weighted by Crippen LogP contribution is 2.20. The maximum Gasteiger partial charge on any atom is 0.238 e. The average Bonchev–Trinajstić information content (AvgIpc) is 2.79. The first-order valence-corrected chi connectivity index (χ1v) is 7.64. The number of benzene rings is 1. The van der Waals surface area contributed by atoms with Gasteiger partial charge in [-0.3, -0.25) is 0 Å². The standard InChI is InChI=1S/C18H27N2/c1-7-14(4)17-10-11-20(19(17)6)18-9-8-16(13(2)3)12-15(18)5/h8-14H,7H2,1-6H3/q+1. The summed E-state index contributed by atoms with van der Waals surface area (Å²) in [5, 5.41) is 0. The predicted molar refractivity (Wildman–Crippen MR) is 84.5 cm³/mol. The minimum Gasteiger partial charge on any atom is -0.155 e. The Kier molecular flexibility index (Phi) is 4.32. The molecule has 20 heavy (non-hydrogen) atoms. The molecule has 0 aliphatic heterocycles. The zero-order chi connectivity index (χ0) is 14.9.